The summed E-state index contributed by atoms with van der Waals surface area (Å²) in [6, 6.07) is 7.81. The van der Waals surface area contributed by atoms with Crippen molar-refractivity contribution in [3.8, 4) is 0 Å². The number of thiophene rings is 1. The monoisotopic (exact) mass is 299 g/mol. The van der Waals surface area contributed by atoms with Crippen molar-refractivity contribution in [3.63, 3.8) is 0 Å². The number of nitrogens with one attached hydrogen (secondary N) is 1. The Labute approximate surface area is 122 Å². The summed E-state index contributed by atoms with van der Waals surface area (Å²) in [6.45, 7) is 3.98. The summed E-state index contributed by atoms with van der Waals surface area (Å²) in [6.07, 6.45) is 0.917. The van der Waals surface area contributed by atoms with Crippen LogP contribution in [0.3, 0.4) is 0 Å². The van der Waals surface area contributed by atoms with Gasteiger partial charge in [0.15, 0.2) is 0 Å². The predicted molar refractivity (Wildman–Crippen MR) is 80.9 cm³/mol. The van der Waals surface area contributed by atoms with Gasteiger partial charge >= 0.3 is 0 Å². The molecule has 1 heterocycles. The second-order valence-corrected chi connectivity index (χ2v) is 6.03. The van der Waals surface area contributed by atoms with E-state index >= 15 is 0 Å². The lowest BCUT2D eigenvalue weighted by atomic mass is 10.1. The van der Waals surface area contributed by atoms with Gasteiger partial charge in [0.2, 0.25) is 0 Å². The molecule has 0 spiro atoms. The van der Waals surface area contributed by atoms with Crippen LogP contribution in [0.25, 0.3) is 0 Å². The van der Waals surface area contributed by atoms with Crippen molar-refractivity contribution in [1.29, 1.82) is 0 Å². The molecular formula is C14H15Cl2NS. The Hall–Kier alpha value is -0.540. The molecule has 0 atom stereocenters. The first kappa shape index (κ1) is 13.9. The number of hydrogen-bond acceptors (Lipinski definition) is 2. The molecule has 0 radical (unpaired) electrons. The first-order valence-electron chi connectivity index (χ1n) is 5.84. The highest BCUT2D eigenvalue weighted by Crippen LogP contribution is 2.21. The van der Waals surface area contributed by atoms with Crippen molar-refractivity contribution in [2.75, 3.05) is 6.54 Å². The van der Waals surface area contributed by atoms with Gasteiger partial charge in [-0.1, -0.05) is 29.3 Å². The molecule has 0 aliphatic heterocycles. The number of rotatable bonds is 5. The van der Waals surface area contributed by atoms with Gasteiger partial charge in [-0.2, -0.15) is 0 Å². The molecule has 0 aliphatic rings. The van der Waals surface area contributed by atoms with E-state index in [0.29, 0.717) is 5.02 Å². The van der Waals surface area contributed by atoms with Crippen LogP contribution in [-0.4, -0.2) is 6.54 Å². The van der Waals surface area contributed by atoms with E-state index in [4.69, 9.17) is 23.2 Å². The number of aryl methyl sites for hydroxylation is 1. The van der Waals surface area contributed by atoms with E-state index in [1.165, 1.54) is 10.4 Å². The van der Waals surface area contributed by atoms with Crippen molar-refractivity contribution in [2.24, 2.45) is 0 Å². The van der Waals surface area contributed by atoms with Gasteiger partial charge in [0, 0.05) is 21.5 Å². The minimum Gasteiger partial charge on any atom is -0.312 e. The van der Waals surface area contributed by atoms with Crippen molar-refractivity contribution in [3.05, 3.63) is 55.7 Å². The van der Waals surface area contributed by atoms with Crippen molar-refractivity contribution in [1.82, 2.24) is 5.32 Å². The third-order valence-corrected chi connectivity index (χ3v) is 4.45. The molecule has 2 rings (SSSR count). The van der Waals surface area contributed by atoms with Gasteiger partial charge in [-0.3, -0.25) is 0 Å². The number of benzene rings is 1. The van der Waals surface area contributed by atoms with E-state index in [2.05, 4.69) is 23.7 Å². The molecule has 1 aromatic heterocycles. The van der Waals surface area contributed by atoms with E-state index in [0.717, 1.165) is 30.1 Å². The molecule has 0 aliphatic carbocycles. The first-order chi connectivity index (χ1) is 8.66. The van der Waals surface area contributed by atoms with E-state index < -0.39 is 0 Å². The quantitative estimate of drug-likeness (QED) is 0.790. The molecule has 18 heavy (non-hydrogen) atoms. The van der Waals surface area contributed by atoms with Gasteiger partial charge in [-0.15, -0.1) is 11.3 Å². The van der Waals surface area contributed by atoms with Gasteiger partial charge in [0.05, 0.1) is 0 Å². The molecule has 0 saturated heterocycles. The highest BCUT2D eigenvalue weighted by molar-refractivity contribution is 7.10. The Balaban J connectivity index is 1.80. The molecule has 4 heteroatoms. The molecule has 0 fully saturated rings. The third kappa shape index (κ3) is 3.72. The molecular weight excluding hydrogens is 285 g/mol. The van der Waals surface area contributed by atoms with Gasteiger partial charge in [-0.05, 0) is 54.6 Å². The zero-order chi connectivity index (χ0) is 13.0. The maximum absolute atomic E-state index is 6.12. The van der Waals surface area contributed by atoms with Crippen LogP contribution < -0.4 is 5.32 Å². The SMILES string of the molecule is Cc1ccsc1CNCCc1ccc(Cl)cc1Cl. The third-order valence-electron chi connectivity index (χ3n) is 2.84. The number of hydrogen-bond donors (Lipinski definition) is 1. The van der Waals surface area contributed by atoms with E-state index in [1.54, 1.807) is 17.4 Å². The molecule has 0 amide bonds. The van der Waals surface area contributed by atoms with Crippen LogP contribution in [0.1, 0.15) is 16.0 Å². The van der Waals surface area contributed by atoms with Crippen LogP contribution in [0.5, 0.6) is 0 Å². The van der Waals surface area contributed by atoms with Crippen LogP contribution in [-0.2, 0) is 13.0 Å². The fourth-order valence-corrected chi connectivity index (χ4v) is 3.11. The standard InChI is InChI=1S/C14H15Cl2NS/c1-10-5-7-18-14(10)9-17-6-4-11-2-3-12(15)8-13(11)16/h2-3,5,7-8,17H,4,6,9H2,1H3. The maximum atomic E-state index is 6.12. The van der Waals surface area contributed by atoms with Gasteiger partial charge in [0.25, 0.3) is 0 Å². The smallest absolute Gasteiger partial charge is 0.0453 e. The number of halogens is 2. The molecule has 0 saturated carbocycles. The summed E-state index contributed by atoms with van der Waals surface area (Å²) >= 11 is 13.8. The van der Waals surface area contributed by atoms with Crippen LogP contribution in [0.2, 0.25) is 10.0 Å². The van der Waals surface area contributed by atoms with Crippen molar-refractivity contribution >= 4 is 34.5 Å². The lowest BCUT2D eigenvalue weighted by Gasteiger charge is -2.06. The van der Waals surface area contributed by atoms with Crippen molar-refractivity contribution < 1.29 is 0 Å². The molecule has 96 valence electrons. The molecule has 0 unspecified atom stereocenters. The minimum absolute atomic E-state index is 0.686. The minimum atomic E-state index is 0.686. The Morgan fingerprint density at radius 1 is 1.22 bits per heavy atom. The molecule has 1 aromatic carbocycles. The Bertz CT molecular complexity index is 522. The lowest BCUT2D eigenvalue weighted by molar-refractivity contribution is 0.692. The zero-order valence-corrected chi connectivity index (χ0v) is 12.5. The predicted octanol–water partition coefficient (Wildman–Crippen LogP) is 4.70. The van der Waals surface area contributed by atoms with E-state index in [-0.39, 0.29) is 0 Å². The highest BCUT2D eigenvalue weighted by atomic mass is 35.5. The van der Waals surface area contributed by atoms with Gasteiger partial charge in [0.1, 0.15) is 0 Å². The normalized spacial score (nSPS) is 10.8. The van der Waals surface area contributed by atoms with E-state index in [1.807, 2.05) is 12.1 Å². The summed E-state index contributed by atoms with van der Waals surface area (Å²) in [5.74, 6) is 0. The summed E-state index contributed by atoms with van der Waals surface area (Å²) in [4.78, 5) is 1.40. The first-order valence-corrected chi connectivity index (χ1v) is 7.48. The zero-order valence-electron chi connectivity index (χ0n) is 10.2. The lowest BCUT2D eigenvalue weighted by Crippen LogP contribution is -2.16. The average molecular weight is 300 g/mol. The van der Waals surface area contributed by atoms with Gasteiger partial charge in [-0.25, -0.2) is 0 Å². The fraction of sp³-hybridized carbons (Fsp3) is 0.286. The van der Waals surface area contributed by atoms with Crippen LogP contribution in [0.4, 0.5) is 0 Å². The summed E-state index contributed by atoms with van der Waals surface area (Å²) in [5, 5.41) is 7.00. The maximum Gasteiger partial charge on any atom is 0.0453 e. The average Bonchev–Trinajstić information content (AvgIpc) is 2.73. The molecule has 0 bridgehead atoms. The van der Waals surface area contributed by atoms with Crippen molar-refractivity contribution in [2.45, 2.75) is 19.9 Å². The second-order valence-electron chi connectivity index (χ2n) is 4.19. The Kier molecular flexibility index (Phi) is 5.07. The van der Waals surface area contributed by atoms with E-state index in [9.17, 15) is 0 Å². The topological polar surface area (TPSA) is 12.0 Å². The van der Waals surface area contributed by atoms with Crippen LogP contribution in [0.15, 0.2) is 29.6 Å². The summed E-state index contributed by atoms with van der Waals surface area (Å²) in [5.41, 5.74) is 2.49. The van der Waals surface area contributed by atoms with Crippen LogP contribution in [0, 0.1) is 6.92 Å². The fourth-order valence-electron chi connectivity index (χ4n) is 1.73. The molecule has 2 aromatic rings. The molecule has 1 nitrogen and oxygen atoms in total. The molecule has 1 N–H and O–H groups in total. The van der Waals surface area contributed by atoms with Crippen LogP contribution >= 0.6 is 34.5 Å². The summed E-state index contributed by atoms with van der Waals surface area (Å²) in [7, 11) is 0. The Morgan fingerprint density at radius 2 is 2.06 bits per heavy atom. The van der Waals surface area contributed by atoms with Gasteiger partial charge < -0.3 is 5.32 Å². The summed E-state index contributed by atoms with van der Waals surface area (Å²) < 4.78 is 0. The highest BCUT2D eigenvalue weighted by Gasteiger charge is 2.02. The largest absolute Gasteiger partial charge is 0.312 e. The second kappa shape index (κ2) is 6.58. The Morgan fingerprint density at radius 3 is 2.72 bits per heavy atom.